The van der Waals surface area contributed by atoms with Crippen molar-refractivity contribution >= 4 is 12.1 Å². The van der Waals surface area contributed by atoms with E-state index in [0.717, 1.165) is 0 Å². The number of cyclic esters (lactones) is 2. The molecule has 0 aromatic rings. The molecule has 0 bridgehead atoms. The number of carbonyl (C=O) groups excluding carboxylic acids is 2. The Hall–Kier alpha value is -1.06. The molecular weight excluding hydrogens is 122 g/mol. The van der Waals surface area contributed by atoms with Gasteiger partial charge in [0.05, 0.1) is 6.42 Å². The largest absolute Gasteiger partial charge is 0.415 e. The number of esters is 1. The SMILES string of the molecule is C[C@H]1CC(=O)OC(=O)N1. The first-order valence-electron chi connectivity index (χ1n) is 2.69. The van der Waals surface area contributed by atoms with E-state index < -0.39 is 12.1 Å². The van der Waals surface area contributed by atoms with Gasteiger partial charge in [-0.25, -0.2) is 4.79 Å². The molecule has 0 unspecified atom stereocenters. The molecule has 0 aromatic carbocycles. The Morgan fingerprint density at radius 1 is 1.67 bits per heavy atom. The van der Waals surface area contributed by atoms with Gasteiger partial charge in [0.15, 0.2) is 0 Å². The smallest absolute Gasteiger partial charge is 0.376 e. The Labute approximate surface area is 52.2 Å². The zero-order valence-corrected chi connectivity index (χ0v) is 5.01. The maximum Gasteiger partial charge on any atom is 0.415 e. The predicted octanol–water partition coefficient (Wildman–Crippen LogP) is 0.0314. The van der Waals surface area contributed by atoms with Crippen LogP contribution in [-0.2, 0) is 9.53 Å². The van der Waals surface area contributed by atoms with Crippen molar-refractivity contribution in [1.29, 1.82) is 0 Å². The summed E-state index contributed by atoms with van der Waals surface area (Å²) in [6, 6.07) is -0.0845. The van der Waals surface area contributed by atoms with E-state index in [-0.39, 0.29) is 12.5 Å². The van der Waals surface area contributed by atoms with Crippen LogP contribution in [0.3, 0.4) is 0 Å². The van der Waals surface area contributed by atoms with Gasteiger partial charge < -0.3 is 10.1 Å². The Bertz CT molecular complexity index is 138. The van der Waals surface area contributed by atoms with Gasteiger partial charge >= 0.3 is 12.1 Å². The molecule has 4 heteroatoms. The number of carbonyl (C=O) groups is 2. The van der Waals surface area contributed by atoms with Crippen LogP contribution in [-0.4, -0.2) is 18.1 Å². The summed E-state index contributed by atoms with van der Waals surface area (Å²) < 4.78 is 4.17. The van der Waals surface area contributed by atoms with Crippen LogP contribution in [0.25, 0.3) is 0 Å². The maximum absolute atomic E-state index is 10.4. The van der Waals surface area contributed by atoms with Gasteiger partial charge in [0.2, 0.25) is 0 Å². The van der Waals surface area contributed by atoms with Crippen LogP contribution in [0.4, 0.5) is 4.79 Å². The van der Waals surface area contributed by atoms with Crippen molar-refractivity contribution in [2.24, 2.45) is 0 Å². The van der Waals surface area contributed by atoms with Gasteiger partial charge in [0, 0.05) is 6.04 Å². The highest BCUT2D eigenvalue weighted by atomic mass is 16.6. The van der Waals surface area contributed by atoms with E-state index in [2.05, 4.69) is 10.1 Å². The van der Waals surface area contributed by atoms with Crippen LogP contribution in [0.2, 0.25) is 0 Å². The van der Waals surface area contributed by atoms with E-state index in [9.17, 15) is 9.59 Å². The lowest BCUT2D eigenvalue weighted by Crippen LogP contribution is -2.41. The Morgan fingerprint density at radius 3 is 2.78 bits per heavy atom. The van der Waals surface area contributed by atoms with E-state index in [1.807, 2.05) is 0 Å². The van der Waals surface area contributed by atoms with Gasteiger partial charge in [-0.05, 0) is 6.92 Å². The van der Waals surface area contributed by atoms with Gasteiger partial charge in [-0.2, -0.15) is 0 Å². The van der Waals surface area contributed by atoms with Crippen molar-refractivity contribution in [2.45, 2.75) is 19.4 Å². The summed E-state index contributed by atoms with van der Waals surface area (Å²) in [6.07, 6.45) is -0.370. The molecule has 0 saturated carbocycles. The topological polar surface area (TPSA) is 55.4 Å². The van der Waals surface area contributed by atoms with Crippen LogP contribution >= 0.6 is 0 Å². The van der Waals surface area contributed by atoms with Gasteiger partial charge in [-0.1, -0.05) is 0 Å². The third-order valence-electron chi connectivity index (χ3n) is 1.04. The van der Waals surface area contributed by atoms with Crippen LogP contribution in [0.1, 0.15) is 13.3 Å². The fourth-order valence-corrected chi connectivity index (χ4v) is 0.677. The van der Waals surface area contributed by atoms with Crippen molar-refractivity contribution in [3.63, 3.8) is 0 Å². The summed E-state index contributed by atoms with van der Waals surface area (Å²) in [5.41, 5.74) is 0. The quantitative estimate of drug-likeness (QED) is 0.371. The van der Waals surface area contributed by atoms with Gasteiger partial charge in [-0.3, -0.25) is 4.79 Å². The van der Waals surface area contributed by atoms with Crippen LogP contribution in [0.5, 0.6) is 0 Å². The number of amides is 1. The number of hydrogen-bond donors (Lipinski definition) is 1. The molecule has 0 spiro atoms. The molecule has 1 aliphatic rings. The van der Waals surface area contributed by atoms with E-state index in [1.165, 1.54) is 0 Å². The van der Waals surface area contributed by atoms with E-state index in [4.69, 9.17) is 0 Å². The highest BCUT2D eigenvalue weighted by molar-refractivity contribution is 5.87. The van der Waals surface area contributed by atoms with Crippen molar-refractivity contribution in [1.82, 2.24) is 5.32 Å². The Balaban J connectivity index is 2.53. The number of alkyl carbamates (subject to hydrolysis) is 1. The molecule has 0 aromatic heterocycles. The number of hydrogen-bond acceptors (Lipinski definition) is 3. The van der Waals surface area contributed by atoms with Crippen molar-refractivity contribution in [2.75, 3.05) is 0 Å². The highest BCUT2D eigenvalue weighted by Gasteiger charge is 2.21. The minimum Gasteiger partial charge on any atom is -0.376 e. The molecule has 1 heterocycles. The lowest BCUT2D eigenvalue weighted by molar-refractivity contribution is -0.139. The first-order valence-corrected chi connectivity index (χ1v) is 2.69. The second-order valence-corrected chi connectivity index (χ2v) is 2.01. The zero-order chi connectivity index (χ0) is 6.85. The normalized spacial score (nSPS) is 27.0. The molecule has 1 fully saturated rings. The summed E-state index contributed by atoms with van der Waals surface area (Å²) in [7, 11) is 0. The molecule has 4 nitrogen and oxygen atoms in total. The summed E-state index contributed by atoms with van der Waals surface area (Å²) in [6.45, 7) is 1.75. The highest BCUT2D eigenvalue weighted by Crippen LogP contribution is 2.00. The lowest BCUT2D eigenvalue weighted by atomic mass is 10.2. The molecule has 1 saturated heterocycles. The summed E-state index contributed by atoms with van der Waals surface area (Å²) in [5.74, 6) is -0.453. The third kappa shape index (κ3) is 1.42. The molecular formula is C5H7NO3. The number of nitrogens with one attached hydrogen (secondary N) is 1. The molecule has 1 aliphatic heterocycles. The van der Waals surface area contributed by atoms with Gasteiger partial charge in [0.25, 0.3) is 0 Å². The molecule has 1 atom stereocenters. The minimum absolute atomic E-state index is 0.0845. The average Bonchev–Trinajstić information content (AvgIpc) is 1.59. The summed E-state index contributed by atoms with van der Waals surface area (Å²) in [5, 5.41) is 2.43. The molecule has 9 heavy (non-hydrogen) atoms. The summed E-state index contributed by atoms with van der Waals surface area (Å²) in [4.78, 5) is 20.7. The van der Waals surface area contributed by atoms with E-state index in [1.54, 1.807) is 6.92 Å². The Morgan fingerprint density at radius 2 is 2.33 bits per heavy atom. The van der Waals surface area contributed by atoms with E-state index in [0.29, 0.717) is 0 Å². The van der Waals surface area contributed by atoms with Crippen LogP contribution < -0.4 is 5.32 Å². The van der Waals surface area contributed by atoms with E-state index >= 15 is 0 Å². The predicted molar refractivity (Wildman–Crippen MR) is 28.7 cm³/mol. The molecule has 1 N–H and O–H groups in total. The van der Waals surface area contributed by atoms with Crippen molar-refractivity contribution in [3.8, 4) is 0 Å². The van der Waals surface area contributed by atoms with Crippen LogP contribution in [0.15, 0.2) is 0 Å². The van der Waals surface area contributed by atoms with Gasteiger partial charge in [0.1, 0.15) is 0 Å². The van der Waals surface area contributed by atoms with Crippen molar-refractivity contribution in [3.05, 3.63) is 0 Å². The first kappa shape index (κ1) is 6.07. The molecule has 1 rings (SSSR count). The fourth-order valence-electron chi connectivity index (χ4n) is 0.677. The monoisotopic (exact) mass is 129 g/mol. The number of ether oxygens (including phenoxy) is 1. The van der Waals surface area contributed by atoms with Gasteiger partial charge in [-0.15, -0.1) is 0 Å². The number of rotatable bonds is 0. The second kappa shape index (κ2) is 2.05. The molecule has 1 amide bonds. The molecule has 50 valence electrons. The molecule has 0 aliphatic carbocycles. The minimum atomic E-state index is -0.640. The Kier molecular flexibility index (Phi) is 1.38. The second-order valence-electron chi connectivity index (χ2n) is 2.01. The lowest BCUT2D eigenvalue weighted by Gasteiger charge is -2.16. The average molecular weight is 129 g/mol. The first-order chi connectivity index (χ1) is 4.18. The zero-order valence-electron chi connectivity index (χ0n) is 5.01. The fraction of sp³-hybridized carbons (Fsp3) is 0.600. The summed E-state index contributed by atoms with van der Waals surface area (Å²) >= 11 is 0. The maximum atomic E-state index is 10.4. The third-order valence-corrected chi connectivity index (χ3v) is 1.04. The molecule has 0 radical (unpaired) electrons. The standard InChI is InChI=1S/C5H7NO3/c1-3-2-4(7)9-5(8)6-3/h3H,2H2,1H3,(H,6,8)/t3-/m0/s1. The van der Waals surface area contributed by atoms with Crippen LogP contribution in [0, 0.1) is 0 Å². The van der Waals surface area contributed by atoms with Crippen molar-refractivity contribution < 1.29 is 14.3 Å².